The molecular weight excluding hydrogens is 314 g/mol. The van der Waals surface area contributed by atoms with Gasteiger partial charge in [-0.15, -0.1) is 0 Å². The minimum absolute atomic E-state index is 0.0745. The van der Waals surface area contributed by atoms with E-state index in [4.69, 9.17) is 10.00 Å². The third kappa shape index (κ3) is 3.99. The molecule has 4 heteroatoms. The number of nitrogens with zero attached hydrogens (tertiary/aromatic N) is 1. The SMILES string of the molecule is CCC[C@@H](O)CC[C@@H]1[C@H]2Cc3cccc(OCC#N)c3C[C@H]2C[C@H]1O. The molecule has 0 saturated heterocycles. The number of rotatable bonds is 7. The highest BCUT2D eigenvalue weighted by Crippen LogP contribution is 2.48. The van der Waals surface area contributed by atoms with E-state index in [2.05, 4.69) is 13.0 Å². The third-order valence-corrected chi connectivity index (χ3v) is 6.09. The van der Waals surface area contributed by atoms with Gasteiger partial charge in [-0.2, -0.15) is 5.26 Å². The van der Waals surface area contributed by atoms with Crippen molar-refractivity contribution in [3.63, 3.8) is 0 Å². The highest BCUT2D eigenvalue weighted by atomic mass is 16.5. The minimum Gasteiger partial charge on any atom is -0.478 e. The van der Waals surface area contributed by atoms with E-state index >= 15 is 0 Å². The Morgan fingerprint density at radius 2 is 2.16 bits per heavy atom. The summed E-state index contributed by atoms with van der Waals surface area (Å²) in [4.78, 5) is 0. The Labute approximate surface area is 150 Å². The van der Waals surface area contributed by atoms with Crippen LogP contribution in [0.2, 0.25) is 0 Å². The highest BCUT2D eigenvalue weighted by molar-refractivity contribution is 5.43. The zero-order valence-electron chi connectivity index (χ0n) is 15.0. The van der Waals surface area contributed by atoms with Crippen LogP contribution in [0.25, 0.3) is 0 Å². The van der Waals surface area contributed by atoms with Gasteiger partial charge in [0.05, 0.1) is 12.2 Å². The van der Waals surface area contributed by atoms with Crippen LogP contribution in [0.15, 0.2) is 18.2 Å². The lowest BCUT2D eigenvalue weighted by molar-refractivity contribution is 0.0876. The van der Waals surface area contributed by atoms with Crippen molar-refractivity contribution in [2.24, 2.45) is 17.8 Å². The maximum absolute atomic E-state index is 10.6. The van der Waals surface area contributed by atoms with Gasteiger partial charge in [0.2, 0.25) is 0 Å². The van der Waals surface area contributed by atoms with Gasteiger partial charge in [0.15, 0.2) is 6.61 Å². The topological polar surface area (TPSA) is 73.5 Å². The smallest absolute Gasteiger partial charge is 0.174 e. The van der Waals surface area contributed by atoms with Gasteiger partial charge < -0.3 is 14.9 Å². The fourth-order valence-corrected chi connectivity index (χ4v) is 4.91. The molecule has 5 atom stereocenters. The van der Waals surface area contributed by atoms with E-state index < -0.39 is 0 Å². The van der Waals surface area contributed by atoms with Crippen molar-refractivity contribution in [1.82, 2.24) is 0 Å². The Kier molecular flexibility index (Phi) is 5.98. The second-order valence-electron chi connectivity index (χ2n) is 7.66. The summed E-state index contributed by atoms with van der Waals surface area (Å²) >= 11 is 0. The van der Waals surface area contributed by atoms with Crippen LogP contribution in [0, 0.1) is 29.1 Å². The molecule has 2 aliphatic rings. The lowest BCUT2D eigenvalue weighted by Gasteiger charge is -2.32. The van der Waals surface area contributed by atoms with Gasteiger partial charge in [-0.1, -0.05) is 25.5 Å². The van der Waals surface area contributed by atoms with Crippen LogP contribution in [0.3, 0.4) is 0 Å². The summed E-state index contributed by atoms with van der Waals surface area (Å²) in [7, 11) is 0. The van der Waals surface area contributed by atoms with Crippen molar-refractivity contribution in [3.8, 4) is 11.8 Å². The standard InChI is InChI=1S/C21H29NO3/c1-2-4-16(23)7-8-17-18-11-14-5-3-6-21(25-10-9-22)19(14)12-15(18)13-20(17)24/h3,5-6,15-18,20,23-24H,2,4,7-8,10-13H2,1H3/t15-,16+,17+,18-,20+/m0/s1. The first-order valence-electron chi connectivity index (χ1n) is 9.60. The lowest BCUT2D eigenvalue weighted by Crippen LogP contribution is -2.28. The van der Waals surface area contributed by atoms with Gasteiger partial charge in [0.25, 0.3) is 0 Å². The Morgan fingerprint density at radius 1 is 1.32 bits per heavy atom. The van der Waals surface area contributed by atoms with Gasteiger partial charge in [-0.05, 0) is 73.5 Å². The molecule has 0 heterocycles. The quantitative estimate of drug-likeness (QED) is 0.797. The predicted molar refractivity (Wildman–Crippen MR) is 96.2 cm³/mol. The van der Waals surface area contributed by atoms with Gasteiger partial charge in [-0.25, -0.2) is 0 Å². The van der Waals surface area contributed by atoms with Crippen LogP contribution in [-0.4, -0.2) is 29.0 Å². The molecule has 0 aliphatic heterocycles. The Balaban J connectivity index is 1.71. The molecule has 136 valence electrons. The number of aliphatic hydroxyl groups is 2. The molecule has 2 aliphatic carbocycles. The van der Waals surface area contributed by atoms with Crippen molar-refractivity contribution in [3.05, 3.63) is 29.3 Å². The third-order valence-electron chi connectivity index (χ3n) is 6.09. The zero-order chi connectivity index (χ0) is 17.8. The molecule has 1 aromatic carbocycles. The number of hydrogen-bond donors (Lipinski definition) is 2. The summed E-state index contributed by atoms with van der Waals surface area (Å²) in [6, 6.07) is 8.13. The Morgan fingerprint density at radius 3 is 2.92 bits per heavy atom. The molecular formula is C21H29NO3. The molecule has 1 saturated carbocycles. The zero-order valence-corrected chi connectivity index (χ0v) is 15.0. The summed E-state index contributed by atoms with van der Waals surface area (Å²) < 4.78 is 5.60. The first-order chi connectivity index (χ1) is 12.1. The van der Waals surface area contributed by atoms with Crippen molar-refractivity contribution in [2.45, 2.75) is 64.1 Å². The van der Waals surface area contributed by atoms with Crippen molar-refractivity contribution >= 4 is 0 Å². The van der Waals surface area contributed by atoms with Crippen LogP contribution < -0.4 is 4.74 Å². The second kappa shape index (κ2) is 8.21. The van der Waals surface area contributed by atoms with Crippen molar-refractivity contribution in [2.75, 3.05) is 6.61 Å². The van der Waals surface area contributed by atoms with E-state index in [0.29, 0.717) is 11.8 Å². The number of nitriles is 1. The maximum atomic E-state index is 10.6. The largest absolute Gasteiger partial charge is 0.478 e. The average molecular weight is 343 g/mol. The molecule has 0 spiro atoms. The Hall–Kier alpha value is -1.57. The fraction of sp³-hybridized carbons (Fsp3) is 0.667. The predicted octanol–water partition coefficient (Wildman–Crippen LogP) is 3.24. The molecule has 3 rings (SSSR count). The van der Waals surface area contributed by atoms with Crippen LogP contribution >= 0.6 is 0 Å². The van der Waals surface area contributed by atoms with E-state index in [1.54, 1.807) is 0 Å². The van der Waals surface area contributed by atoms with Gasteiger partial charge in [0, 0.05) is 0 Å². The molecule has 0 aromatic heterocycles. The molecule has 2 N–H and O–H groups in total. The van der Waals surface area contributed by atoms with E-state index in [1.165, 1.54) is 11.1 Å². The van der Waals surface area contributed by atoms with Gasteiger partial charge in [0.1, 0.15) is 11.8 Å². The van der Waals surface area contributed by atoms with Crippen molar-refractivity contribution in [1.29, 1.82) is 5.26 Å². The molecule has 4 nitrogen and oxygen atoms in total. The molecule has 1 aromatic rings. The summed E-state index contributed by atoms with van der Waals surface area (Å²) in [6.45, 7) is 2.17. The van der Waals surface area contributed by atoms with E-state index in [0.717, 1.165) is 50.7 Å². The second-order valence-corrected chi connectivity index (χ2v) is 7.66. The van der Waals surface area contributed by atoms with E-state index in [1.807, 2.05) is 18.2 Å². The summed E-state index contributed by atoms with van der Waals surface area (Å²) in [6.07, 6.45) is 5.77. The molecule has 25 heavy (non-hydrogen) atoms. The number of benzene rings is 1. The lowest BCUT2D eigenvalue weighted by atomic mass is 9.73. The number of fused-ring (bicyclic) bond motifs is 2. The maximum Gasteiger partial charge on any atom is 0.174 e. The minimum atomic E-state index is -0.262. The van der Waals surface area contributed by atoms with E-state index in [9.17, 15) is 10.2 Å². The van der Waals surface area contributed by atoms with Gasteiger partial charge in [-0.3, -0.25) is 0 Å². The van der Waals surface area contributed by atoms with Gasteiger partial charge >= 0.3 is 0 Å². The van der Waals surface area contributed by atoms with Crippen LogP contribution in [0.4, 0.5) is 0 Å². The number of aliphatic hydroxyl groups excluding tert-OH is 2. The van der Waals surface area contributed by atoms with Crippen LogP contribution in [0.1, 0.15) is 50.2 Å². The molecule has 0 unspecified atom stereocenters. The van der Waals surface area contributed by atoms with Crippen LogP contribution in [0.5, 0.6) is 5.75 Å². The van der Waals surface area contributed by atoms with Crippen LogP contribution in [-0.2, 0) is 12.8 Å². The summed E-state index contributed by atoms with van der Waals surface area (Å²) in [5.74, 6) is 2.08. The number of hydrogen-bond acceptors (Lipinski definition) is 4. The fourth-order valence-electron chi connectivity index (χ4n) is 4.91. The first kappa shape index (κ1) is 18.2. The van der Waals surface area contributed by atoms with E-state index in [-0.39, 0.29) is 24.7 Å². The molecule has 1 fully saturated rings. The molecule has 0 bridgehead atoms. The summed E-state index contributed by atoms with van der Waals surface area (Å²) in [5.41, 5.74) is 2.52. The average Bonchev–Trinajstić information content (AvgIpc) is 2.90. The monoisotopic (exact) mass is 343 g/mol. The highest BCUT2D eigenvalue weighted by Gasteiger charge is 2.44. The Bertz CT molecular complexity index is 624. The first-order valence-corrected chi connectivity index (χ1v) is 9.60. The normalized spacial score (nSPS) is 28.7. The van der Waals surface area contributed by atoms with Crippen molar-refractivity contribution < 1.29 is 14.9 Å². The molecule has 0 amide bonds. The number of ether oxygens (including phenoxy) is 1. The molecule has 0 radical (unpaired) electrons. The summed E-state index contributed by atoms with van der Waals surface area (Å²) in [5, 5.41) is 29.4.